The average Bonchev–Trinajstić information content (AvgIpc) is 3.04. The normalized spacial score (nSPS) is 13.6. The summed E-state index contributed by atoms with van der Waals surface area (Å²) in [4.78, 5) is 0. The lowest BCUT2D eigenvalue weighted by atomic mass is 10.1. The van der Waals surface area contributed by atoms with E-state index in [1.165, 1.54) is 5.56 Å². The molecule has 0 amide bonds. The molecule has 20 heavy (non-hydrogen) atoms. The third kappa shape index (κ3) is 4.23. The standard InChI is InChI=1S/C16H25N3O/c1-13(7-8-15-6-5-9-20-15)17-10-14-11-18-19(12-14)16(2,3)4/h5-6,9,11-13,17H,7-8,10H2,1-4H3. The van der Waals surface area contributed by atoms with Gasteiger partial charge in [-0.3, -0.25) is 4.68 Å². The van der Waals surface area contributed by atoms with Gasteiger partial charge in [-0.1, -0.05) is 0 Å². The molecule has 0 aliphatic rings. The maximum absolute atomic E-state index is 5.35. The van der Waals surface area contributed by atoms with Crippen molar-refractivity contribution in [2.45, 2.75) is 58.7 Å². The minimum Gasteiger partial charge on any atom is -0.469 e. The molecule has 2 aromatic heterocycles. The fraction of sp³-hybridized carbons (Fsp3) is 0.562. The molecular weight excluding hydrogens is 250 g/mol. The number of nitrogens with one attached hydrogen (secondary N) is 1. The molecule has 0 aliphatic carbocycles. The predicted octanol–water partition coefficient (Wildman–Crippen LogP) is 3.34. The molecule has 1 atom stereocenters. The second-order valence-corrected chi connectivity index (χ2v) is 6.36. The Balaban J connectivity index is 1.75. The molecule has 1 N–H and O–H groups in total. The van der Waals surface area contributed by atoms with Crippen molar-refractivity contribution in [1.82, 2.24) is 15.1 Å². The zero-order valence-corrected chi connectivity index (χ0v) is 12.9. The first-order chi connectivity index (χ1) is 9.45. The summed E-state index contributed by atoms with van der Waals surface area (Å²) in [6, 6.07) is 4.42. The van der Waals surface area contributed by atoms with Crippen molar-refractivity contribution in [1.29, 1.82) is 0 Å². The minimum atomic E-state index is 0.0448. The van der Waals surface area contributed by atoms with Crippen LogP contribution < -0.4 is 5.32 Å². The van der Waals surface area contributed by atoms with Gasteiger partial charge in [0.2, 0.25) is 0 Å². The highest BCUT2D eigenvalue weighted by Gasteiger charge is 2.14. The van der Waals surface area contributed by atoms with E-state index in [0.717, 1.165) is 25.1 Å². The third-order valence-electron chi connectivity index (χ3n) is 3.38. The number of furan rings is 1. The number of hydrogen-bond acceptors (Lipinski definition) is 3. The van der Waals surface area contributed by atoms with Crippen LogP contribution in [0.3, 0.4) is 0 Å². The van der Waals surface area contributed by atoms with Gasteiger partial charge in [0.1, 0.15) is 5.76 Å². The molecule has 110 valence electrons. The van der Waals surface area contributed by atoms with Crippen LogP contribution in [0.2, 0.25) is 0 Å². The smallest absolute Gasteiger partial charge is 0.103 e. The van der Waals surface area contributed by atoms with Crippen molar-refractivity contribution in [3.05, 3.63) is 42.1 Å². The Bertz CT molecular complexity index is 508. The van der Waals surface area contributed by atoms with Crippen LogP contribution in [0.15, 0.2) is 35.2 Å². The molecule has 2 rings (SSSR count). The summed E-state index contributed by atoms with van der Waals surface area (Å²) in [6.45, 7) is 9.53. The SMILES string of the molecule is CC(CCc1ccco1)NCc1cnn(C(C)(C)C)c1. The molecule has 4 nitrogen and oxygen atoms in total. The van der Waals surface area contributed by atoms with Gasteiger partial charge < -0.3 is 9.73 Å². The van der Waals surface area contributed by atoms with E-state index in [-0.39, 0.29) is 5.54 Å². The van der Waals surface area contributed by atoms with Gasteiger partial charge in [0, 0.05) is 30.8 Å². The van der Waals surface area contributed by atoms with Gasteiger partial charge in [-0.15, -0.1) is 0 Å². The molecule has 2 heterocycles. The summed E-state index contributed by atoms with van der Waals surface area (Å²) in [5, 5.41) is 7.94. The zero-order valence-electron chi connectivity index (χ0n) is 12.9. The molecule has 0 spiro atoms. The fourth-order valence-electron chi connectivity index (χ4n) is 2.03. The van der Waals surface area contributed by atoms with E-state index in [1.807, 2.05) is 23.0 Å². The van der Waals surface area contributed by atoms with E-state index < -0.39 is 0 Å². The molecule has 0 aliphatic heterocycles. The second-order valence-electron chi connectivity index (χ2n) is 6.36. The van der Waals surface area contributed by atoms with Crippen molar-refractivity contribution >= 4 is 0 Å². The van der Waals surface area contributed by atoms with Gasteiger partial charge in [0.25, 0.3) is 0 Å². The third-order valence-corrected chi connectivity index (χ3v) is 3.38. The average molecular weight is 275 g/mol. The van der Waals surface area contributed by atoms with Crippen LogP contribution in [0.25, 0.3) is 0 Å². The summed E-state index contributed by atoms with van der Waals surface area (Å²) in [6.07, 6.45) is 7.83. The summed E-state index contributed by atoms with van der Waals surface area (Å²) in [7, 11) is 0. The molecule has 0 radical (unpaired) electrons. The van der Waals surface area contributed by atoms with E-state index in [1.54, 1.807) is 6.26 Å². The molecule has 0 saturated heterocycles. The van der Waals surface area contributed by atoms with Crippen molar-refractivity contribution in [3.8, 4) is 0 Å². The highest BCUT2D eigenvalue weighted by Crippen LogP contribution is 2.13. The Labute approximate surface area is 121 Å². The summed E-state index contributed by atoms with van der Waals surface area (Å²) >= 11 is 0. The topological polar surface area (TPSA) is 43.0 Å². The van der Waals surface area contributed by atoms with Crippen molar-refractivity contribution in [2.24, 2.45) is 0 Å². The van der Waals surface area contributed by atoms with Crippen LogP contribution in [-0.2, 0) is 18.5 Å². The van der Waals surface area contributed by atoms with Gasteiger partial charge in [-0.25, -0.2) is 0 Å². The lowest BCUT2D eigenvalue weighted by Crippen LogP contribution is -2.26. The Morgan fingerprint density at radius 2 is 2.20 bits per heavy atom. The molecule has 4 heteroatoms. The summed E-state index contributed by atoms with van der Waals surface area (Å²) in [5.74, 6) is 1.05. The van der Waals surface area contributed by atoms with Crippen LogP contribution in [0.5, 0.6) is 0 Å². The van der Waals surface area contributed by atoms with Crippen LogP contribution in [0.4, 0.5) is 0 Å². The molecular formula is C16H25N3O. The van der Waals surface area contributed by atoms with E-state index in [4.69, 9.17) is 4.42 Å². The first-order valence-corrected chi connectivity index (χ1v) is 7.25. The first kappa shape index (κ1) is 14.9. The molecule has 2 aromatic rings. The number of aryl methyl sites for hydroxylation is 1. The fourth-order valence-corrected chi connectivity index (χ4v) is 2.03. The van der Waals surface area contributed by atoms with Gasteiger partial charge in [-0.2, -0.15) is 5.10 Å². The first-order valence-electron chi connectivity index (χ1n) is 7.25. The molecule has 0 fully saturated rings. The predicted molar refractivity (Wildman–Crippen MR) is 80.6 cm³/mol. The number of nitrogens with zero attached hydrogens (tertiary/aromatic N) is 2. The summed E-state index contributed by atoms with van der Waals surface area (Å²) < 4.78 is 7.36. The van der Waals surface area contributed by atoms with Gasteiger partial charge in [0.15, 0.2) is 0 Å². The highest BCUT2D eigenvalue weighted by atomic mass is 16.3. The lowest BCUT2D eigenvalue weighted by Gasteiger charge is -2.18. The monoisotopic (exact) mass is 275 g/mol. The van der Waals surface area contributed by atoms with Crippen molar-refractivity contribution < 1.29 is 4.42 Å². The maximum atomic E-state index is 5.35. The van der Waals surface area contributed by atoms with Gasteiger partial charge in [0.05, 0.1) is 18.0 Å². The van der Waals surface area contributed by atoms with E-state index in [9.17, 15) is 0 Å². The van der Waals surface area contributed by atoms with E-state index in [0.29, 0.717) is 6.04 Å². The Kier molecular flexibility index (Phi) is 4.65. The molecule has 0 bridgehead atoms. The Morgan fingerprint density at radius 3 is 2.80 bits per heavy atom. The van der Waals surface area contributed by atoms with E-state index in [2.05, 4.69) is 44.3 Å². The van der Waals surface area contributed by atoms with Crippen LogP contribution in [-0.4, -0.2) is 15.8 Å². The van der Waals surface area contributed by atoms with Gasteiger partial charge in [-0.05, 0) is 46.2 Å². The van der Waals surface area contributed by atoms with Crippen molar-refractivity contribution in [2.75, 3.05) is 0 Å². The molecule has 0 saturated carbocycles. The van der Waals surface area contributed by atoms with Crippen molar-refractivity contribution in [3.63, 3.8) is 0 Å². The quantitative estimate of drug-likeness (QED) is 0.879. The Morgan fingerprint density at radius 1 is 1.40 bits per heavy atom. The second kappa shape index (κ2) is 6.27. The number of aromatic nitrogens is 2. The maximum Gasteiger partial charge on any atom is 0.103 e. The van der Waals surface area contributed by atoms with Gasteiger partial charge >= 0.3 is 0 Å². The van der Waals surface area contributed by atoms with Crippen LogP contribution >= 0.6 is 0 Å². The lowest BCUT2D eigenvalue weighted by molar-refractivity contribution is 0.355. The zero-order chi connectivity index (χ0) is 14.6. The molecule has 1 unspecified atom stereocenters. The largest absolute Gasteiger partial charge is 0.469 e. The van der Waals surface area contributed by atoms with E-state index >= 15 is 0 Å². The number of rotatable bonds is 6. The minimum absolute atomic E-state index is 0.0448. The van der Waals surface area contributed by atoms with Crippen LogP contribution in [0.1, 0.15) is 45.4 Å². The van der Waals surface area contributed by atoms with Crippen LogP contribution in [0, 0.1) is 0 Å². The summed E-state index contributed by atoms with van der Waals surface area (Å²) in [5.41, 5.74) is 1.27. The molecule has 0 aromatic carbocycles. The number of hydrogen-bond donors (Lipinski definition) is 1. The highest BCUT2D eigenvalue weighted by molar-refractivity contribution is 5.05. The Hall–Kier alpha value is -1.55.